The van der Waals surface area contributed by atoms with Gasteiger partial charge in [-0.3, -0.25) is 4.79 Å². The minimum absolute atomic E-state index is 0.240. The van der Waals surface area contributed by atoms with Crippen molar-refractivity contribution in [2.45, 2.75) is 40.2 Å². The maximum Gasteiger partial charge on any atom is 0.340 e. The maximum absolute atomic E-state index is 12.3. The Balaban J connectivity index is 1.94. The smallest absolute Gasteiger partial charge is 0.340 e. The van der Waals surface area contributed by atoms with Gasteiger partial charge in [-0.15, -0.1) is 0 Å². The van der Waals surface area contributed by atoms with Crippen molar-refractivity contribution in [2.75, 3.05) is 11.9 Å². The van der Waals surface area contributed by atoms with Gasteiger partial charge in [0.15, 0.2) is 6.61 Å². The van der Waals surface area contributed by atoms with Crippen LogP contribution in [-0.4, -0.2) is 23.1 Å². The lowest BCUT2D eigenvalue weighted by Crippen LogP contribution is -2.21. The minimum Gasteiger partial charge on any atom is -0.452 e. The molecule has 0 aliphatic rings. The number of aryl methyl sites for hydroxylation is 1. The van der Waals surface area contributed by atoms with Gasteiger partial charge >= 0.3 is 5.97 Å². The van der Waals surface area contributed by atoms with Crippen LogP contribution < -0.4 is 5.32 Å². The Morgan fingerprint density at radius 3 is 2.42 bits per heavy atom. The standard InChI is InChI=1S/C20H23N3O3/c1-13(2)23-14(3)11-18(15(23)4)20(25)26-12-19(24)22-17-7-5-16(6-8-17)9-10-21/h5-8,11,13H,9,12H2,1-4H3,(H,22,24). The summed E-state index contributed by atoms with van der Waals surface area (Å²) < 4.78 is 7.20. The summed E-state index contributed by atoms with van der Waals surface area (Å²) in [6, 6.07) is 11.0. The number of carbonyl (C=O) groups excluding carboxylic acids is 2. The monoisotopic (exact) mass is 353 g/mol. The summed E-state index contributed by atoms with van der Waals surface area (Å²) in [5, 5.41) is 11.3. The third-order valence-electron chi connectivity index (χ3n) is 4.08. The van der Waals surface area contributed by atoms with E-state index in [0.29, 0.717) is 17.7 Å². The number of nitrogens with one attached hydrogen (secondary N) is 1. The number of esters is 1. The molecule has 0 saturated heterocycles. The zero-order valence-electron chi connectivity index (χ0n) is 15.5. The van der Waals surface area contributed by atoms with Gasteiger partial charge in [-0.25, -0.2) is 4.79 Å². The average Bonchev–Trinajstić information content (AvgIpc) is 2.89. The Bertz CT molecular complexity index is 842. The van der Waals surface area contributed by atoms with E-state index in [0.717, 1.165) is 17.0 Å². The highest BCUT2D eigenvalue weighted by molar-refractivity contribution is 5.96. The highest BCUT2D eigenvalue weighted by atomic mass is 16.5. The van der Waals surface area contributed by atoms with Crippen molar-refractivity contribution < 1.29 is 14.3 Å². The molecule has 1 aromatic carbocycles. The second kappa shape index (κ2) is 8.34. The molecule has 0 saturated carbocycles. The number of anilines is 1. The Hall–Kier alpha value is -3.07. The van der Waals surface area contributed by atoms with Crippen LogP contribution in [0.4, 0.5) is 5.69 Å². The van der Waals surface area contributed by atoms with E-state index >= 15 is 0 Å². The molecular formula is C20H23N3O3. The molecule has 1 amide bonds. The Labute approximate surface area is 153 Å². The van der Waals surface area contributed by atoms with Crippen LogP contribution in [0, 0.1) is 25.2 Å². The molecule has 2 rings (SSSR count). The molecule has 0 fully saturated rings. The van der Waals surface area contributed by atoms with Crippen LogP contribution in [-0.2, 0) is 16.0 Å². The lowest BCUT2D eigenvalue weighted by Gasteiger charge is -2.13. The number of nitrogens with zero attached hydrogens (tertiary/aromatic N) is 2. The molecule has 0 spiro atoms. The lowest BCUT2D eigenvalue weighted by molar-refractivity contribution is -0.119. The molecule has 6 heteroatoms. The number of aromatic nitrogens is 1. The first-order valence-corrected chi connectivity index (χ1v) is 8.44. The summed E-state index contributed by atoms with van der Waals surface area (Å²) in [5.74, 6) is -0.923. The molecule has 136 valence electrons. The Morgan fingerprint density at radius 2 is 1.88 bits per heavy atom. The van der Waals surface area contributed by atoms with Gasteiger partial charge in [-0.1, -0.05) is 12.1 Å². The molecule has 26 heavy (non-hydrogen) atoms. The molecule has 6 nitrogen and oxygen atoms in total. The summed E-state index contributed by atoms with van der Waals surface area (Å²) in [6.07, 6.45) is 0.320. The molecule has 0 bridgehead atoms. The van der Waals surface area contributed by atoms with Crippen molar-refractivity contribution in [3.63, 3.8) is 0 Å². The summed E-state index contributed by atoms with van der Waals surface area (Å²) >= 11 is 0. The number of ether oxygens (including phenoxy) is 1. The molecule has 0 aliphatic heterocycles. The molecule has 0 unspecified atom stereocenters. The van der Waals surface area contributed by atoms with E-state index in [9.17, 15) is 9.59 Å². The van der Waals surface area contributed by atoms with E-state index in [1.54, 1.807) is 30.3 Å². The lowest BCUT2D eigenvalue weighted by atomic mass is 10.1. The van der Waals surface area contributed by atoms with Gasteiger partial charge in [0.1, 0.15) is 0 Å². The van der Waals surface area contributed by atoms with E-state index < -0.39 is 11.9 Å². The summed E-state index contributed by atoms with van der Waals surface area (Å²) in [4.78, 5) is 24.3. The summed E-state index contributed by atoms with van der Waals surface area (Å²) in [6.45, 7) is 7.54. The zero-order valence-corrected chi connectivity index (χ0v) is 15.5. The fourth-order valence-electron chi connectivity index (χ4n) is 2.98. The van der Waals surface area contributed by atoms with Crippen molar-refractivity contribution >= 4 is 17.6 Å². The van der Waals surface area contributed by atoms with E-state index in [1.807, 2.05) is 27.7 Å². The number of hydrogen-bond donors (Lipinski definition) is 1. The van der Waals surface area contributed by atoms with Crippen molar-refractivity contribution in [3.8, 4) is 6.07 Å². The molecule has 1 N–H and O–H groups in total. The second-order valence-electron chi connectivity index (χ2n) is 6.40. The fraction of sp³-hybridized carbons (Fsp3) is 0.350. The average molecular weight is 353 g/mol. The number of hydrogen-bond acceptors (Lipinski definition) is 4. The van der Waals surface area contributed by atoms with Gasteiger partial charge in [-0.2, -0.15) is 5.26 Å². The third-order valence-corrected chi connectivity index (χ3v) is 4.08. The normalized spacial score (nSPS) is 10.5. The first kappa shape index (κ1) is 19.3. The highest BCUT2D eigenvalue weighted by Crippen LogP contribution is 2.20. The van der Waals surface area contributed by atoms with Gasteiger partial charge in [0.25, 0.3) is 5.91 Å². The zero-order chi connectivity index (χ0) is 19.3. The molecule has 0 radical (unpaired) electrons. The summed E-state index contributed by atoms with van der Waals surface area (Å²) in [5.41, 5.74) is 3.75. The van der Waals surface area contributed by atoms with E-state index in [2.05, 4.69) is 16.0 Å². The van der Waals surface area contributed by atoms with Crippen molar-refractivity contribution in [1.29, 1.82) is 5.26 Å². The Morgan fingerprint density at radius 1 is 1.23 bits per heavy atom. The topological polar surface area (TPSA) is 84.1 Å². The van der Waals surface area contributed by atoms with Crippen LogP contribution in [0.5, 0.6) is 0 Å². The number of amides is 1. The number of benzene rings is 1. The third kappa shape index (κ3) is 4.51. The van der Waals surface area contributed by atoms with Gasteiger partial charge in [0, 0.05) is 23.1 Å². The fourth-order valence-corrected chi connectivity index (χ4v) is 2.98. The van der Waals surface area contributed by atoms with Gasteiger partial charge in [-0.05, 0) is 51.5 Å². The quantitative estimate of drug-likeness (QED) is 0.805. The van der Waals surface area contributed by atoms with Crippen LogP contribution >= 0.6 is 0 Å². The molecule has 0 aliphatic carbocycles. The predicted octanol–water partition coefficient (Wildman–Crippen LogP) is 3.55. The van der Waals surface area contributed by atoms with E-state index in [-0.39, 0.29) is 12.6 Å². The first-order valence-electron chi connectivity index (χ1n) is 8.44. The van der Waals surface area contributed by atoms with Crippen molar-refractivity contribution in [1.82, 2.24) is 4.57 Å². The van der Waals surface area contributed by atoms with Crippen LogP contribution in [0.2, 0.25) is 0 Å². The molecule has 1 aromatic heterocycles. The second-order valence-corrected chi connectivity index (χ2v) is 6.40. The van der Waals surface area contributed by atoms with E-state index in [1.165, 1.54) is 0 Å². The maximum atomic E-state index is 12.3. The first-order chi connectivity index (χ1) is 12.3. The molecular weight excluding hydrogens is 330 g/mol. The van der Waals surface area contributed by atoms with Gasteiger partial charge in [0.05, 0.1) is 18.1 Å². The van der Waals surface area contributed by atoms with Gasteiger partial charge in [0.2, 0.25) is 0 Å². The molecule has 2 aromatic rings. The number of nitriles is 1. The Kier molecular flexibility index (Phi) is 6.18. The van der Waals surface area contributed by atoms with Gasteiger partial charge < -0.3 is 14.6 Å². The SMILES string of the molecule is Cc1cc(C(=O)OCC(=O)Nc2ccc(CC#N)cc2)c(C)n1C(C)C. The van der Waals surface area contributed by atoms with E-state index in [4.69, 9.17) is 10.00 Å². The number of carbonyl (C=O) groups is 2. The van der Waals surface area contributed by atoms with Crippen LogP contribution in [0.1, 0.15) is 47.2 Å². The van der Waals surface area contributed by atoms with Crippen molar-refractivity contribution in [2.24, 2.45) is 0 Å². The van der Waals surface area contributed by atoms with Crippen LogP contribution in [0.25, 0.3) is 0 Å². The predicted molar refractivity (Wildman–Crippen MR) is 99.0 cm³/mol. The largest absolute Gasteiger partial charge is 0.452 e. The summed E-state index contributed by atoms with van der Waals surface area (Å²) in [7, 11) is 0. The molecule has 0 atom stereocenters. The highest BCUT2D eigenvalue weighted by Gasteiger charge is 2.19. The van der Waals surface area contributed by atoms with Crippen LogP contribution in [0.3, 0.4) is 0 Å². The molecule has 1 heterocycles. The number of rotatable bonds is 6. The van der Waals surface area contributed by atoms with Crippen molar-refractivity contribution in [3.05, 3.63) is 52.8 Å². The minimum atomic E-state index is -0.510. The van der Waals surface area contributed by atoms with Crippen LogP contribution in [0.15, 0.2) is 30.3 Å².